The van der Waals surface area contributed by atoms with Gasteiger partial charge in [0.1, 0.15) is 0 Å². The highest BCUT2D eigenvalue weighted by Gasteiger charge is 2.19. The van der Waals surface area contributed by atoms with Crippen molar-refractivity contribution in [3.8, 4) is 0 Å². The quantitative estimate of drug-likeness (QED) is 0.656. The Morgan fingerprint density at radius 2 is 1.78 bits per heavy atom. The van der Waals surface area contributed by atoms with Crippen LogP contribution in [-0.2, 0) is 12.0 Å². The fourth-order valence-electron chi connectivity index (χ4n) is 2.74. The lowest BCUT2D eigenvalue weighted by molar-refractivity contribution is 0.396. The van der Waals surface area contributed by atoms with Gasteiger partial charge in [0.05, 0.1) is 0 Å². The number of nitrogens with zero attached hydrogens (tertiary/aromatic N) is 1. The van der Waals surface area contributed by atoms with Gasteiger partial charge in [-0.3, -0.25) is 0 Å². The Morgan fingerprint density at radius 3 is 2.44 bits per heavy atom. The summed E-state index contributed by atoms with van der Waals surface area (Å²) in [6.45, 7) is 9.15. The number of hydrogen-bond donors (Lipinski definition) is 0. The molecule has 1 aromatic heterocycles. The van der Waals surface area contributed by atoms with E-state index in [9.17, 15) is 0 Å². The second-order valence-corrected chi connectivity index (χ2v) is 6.16. The average molecular weight is 243 g/mol. The molecule has 0 fully saturated rings. The number of hydrogen-bond acceptors (Lipinski definition) is 0. The van der Waals surface area contributed by atoms with E-state index in [1.165, 1.54) is 42.3 Å². The van der Waals surface area contributed by atoms with Gasteiger partial charge in [0.2, 0.25) is 0 Å². The van der Waals surface area contributed by atoms with E-state index < -0.39 is 0 Å². The van der Waals surface area contributed by atoms with Crippen molar-refractivity contribution < 1.29 is 0 Å². The van der Waals surface area contributed by atoms with Gasteiger partial charge < -0.3 is 4.57 Å². The van der Waals surface area contributed by atoms with E-state index in [1.54, 1.807) is 0 Å². The molecule has 2 aromatic rings. The Morgan fingerprint density at radius 1 is 1.06 bits per heavy atom. The molecule has 0 aliphatic heterocycles. The predicted molar refractivity (Wildman–Crippen MR) is 80.2 cm³/mol. The summed E-state index contributed by atoms with van der Waals surface area (Å²) in [5.74, 6) is 0. The van der Waals surface area contributed by atoms with Crippen LogP contribution in [0.25, 0.3) is 10.9 Å². The molecular formula is C17H25N. The molecule has 98 valence electrons. The molecule has 0 amide bonds. The largest absolute Gasteiger partial charge is 0.339 e. The minimum atomic E-state index is 0.157. The van der Waals surface area contributed by atoms with Gasteiger partial charge in [-0.1, -0.05) is 38.0 Å². The van der Waals surface area contributed by atoms with Crippen molar-refractivity contribution in [1.29, 1.82) is 0 Å². The molecule has 2 rings (SSSR count). The first kappa shape index (κ1) is 13.2. The standard InChI is InChI=1S/C17H25N/c1-5-6-7-11-15-13-14-10-8-9-12-16(14)18(15)17(2,3)4/h8-10,12-13H,5-7,11H2,1-4H3. The lowest BCUT2D eigenvalue weighted by Crippen LogP contribution is -2.23. The molecule has 0 spiro atoms. The van der Waals surface area contributed by atoms with Crippen LogP contribution >= 0.6 is 0 Å². The van der Waals surface area contributed by atoms with Crippen LogP contribution in [0.4, 0.5) is 0 Å². The molecule has 0 N–H and O–H groups in total. The highest BCUT2D eigenvalue weighted by molar-refractivity contribution is 5.81. The number of unbranched alkanes of at least 4 members (excludes halogenated alkanes) is 2. The molecule has 0 saturated heterocycles. The second kappa shape index (κ2) is 5.17. The highest BCUT2D eigenvalue weighted by Crippen LogP contribution is 2.28. The summed E-state index contributed by atoms with van der Waals surface area (Å²) in [5.41, 5.74) is 3.01. The predicted octanol–water partition coefficient (Wildman–Crippen LogP) is 5.13. The van der Waals surface area contributed by atoms with Gasteiger partial charge in [-0.25, -0.2) is 0 Å². The van der Waals surface area contributed by atoms with Gasteiger partial charge in [-0.15, -0.1) is 0 Å². The van der Waals surface area contributed by atoms with Crippen LogP contribution in [0.3, 0.4) is 0 Å². The maximum absolute atomic E-state index is 2.51. The molecule has 1 nitrogen and oxygen atoms in total. The summed E-state index contributed by atoms with van der Waals surface area (Å²) in [4.78, 5) is 0. The molecule has 0 aliphatic rings. The van der Waals surface area contributed by atoms with Crippen molar-refractivity contribution in [2.45, 2.75) is 58.9 Å². The maximum atomic E-state index is 2.51. The van der Waals surface area contributed by atoms with Crippen molar-refractivity contribution in [3.63, 3.8) is 0 Å². The summed E-state index contributed by atoms with van der Waals surface area (Å²) >= 11 is 0. The van der Waals surface area contributed by atoms with E-state index in [0.29, 0.717) is 0 Å². The van der Waals surface area contributed by atoms with Gasteiger partial charge in [-0.05, 0) is 51.1 Å². The fraction of sp³-hybridized carbons (Fsp3) is 0.529. The van der Waals surface area contributed by atoms with Gasteiger partial charge in [0.25, 0.3) is 0 Å². The molecule has 0 aliphatic carbocycles. The molecule has 0 bridgehead atoms. The molecular weight excluding hydrogens is 218 g/mol. The Kier molecular flexibility index (Phi) is 3.79. The third-order valence-electron chi connectivity index (χ3n) is 3.49. The zero-order valence-corrected chi connectivity index (χ0v) is 12.2. The SMILES string of the molecule is CCCCCc1cc2ccccc2n1C(C)(C)C. The van der Waals surface area contributed by atoms with E-state index in [2.05, 4.69) is 62.6 Å². The van der Waals surface area contributed by atoms with Crippen molar-refractivity contribution >= 4 is 10.9 Å². The monoisotopic (exact) mass is 243 g/mol. The van der Waals surface area contributed by atoms with Crippen LogP contribution in [0.5, 0.6) is 0 Å². The molecule has 1 aromatic carbocycles. The molecule has 18 heavy (non-hydrogen) atoms. The lowest BCUT2D eigenvalue weighted by atomic mass is 10.1. The maximum Gasteiger partial charge on any atom is 0.0487 e. The Labute approximate surface area is 111 Å². The number of fused-ring (bicyclic) bond motifs is 1. The summed E-state index contributed by atoms with van der Waals surface area (Å²) in [7, 11) is 0. The van der Waals surface area contributed by atoms with Crippen molar-refractivity contribution in [2.75, 3.05) is 0 Å². The molecule has 0 atom stereocenters. The molecule has 0 unspecified atom stereocenters. The van der Waals surface area contributed by atoms with Crippen molar-refractivity contribution in [2.24, 2.45) is 0 Å². The topological polar surface area (TPSA) is 4.93 Å². The molecule has 1 heteroatoms. The lowest BCUT2D eigenvalue weighted by Gasteiger charge is -2.26. The number of aryl methyl sites for hydroxylation is 1. The highest BCUT2D eigenvalue weighted by atomic mass is 15.1. The Bertz CT molecular complexity index is 514. The Hall–Kier alpha value is -1.24. The molecule has 0 saturated carbocycles. The molecule has 0 radical (unpaired) electrons. The number of rotatable bonds is 4. The number of aromatic nitrogens is 1. The zero-order valence-electron chi connectivity index (χ0n) is 12.2. The van der Waals surface area contributed by atoms with Gasteiger partial charge in [0, 0.05) is 16.7 Å². The van der Waals surface area contributed by atoms with Crippen molar-refractivity contribution in [1.82, 2.24) is 4.57 Å². The van der Waals surface area contributed by atoms with Crippen LogP contribution in [0.2, 0.25) is 0 Å². The van der Waals surface area contributed by atoms with E-state index in [0.717, 1.165) is 0 Å². The van der Waals surface area contributed by atoms with E-state index in [-0.39, 0.29) is 5.54 Å². The summed E-state index contributed by atoms with van der Waals surface area (Å²) in [5, 5.41) is 1.37. The second-order valence-electron chi connectivity index (χ2n) is 6.16. The minimum Gasteiger partial charge on any atom is -0.339 e. The van der Waals surface area contributed by atoms with Gasteiger partial charge >= 0.3 is 0 Å². The normalized spacial score (nSPS) is 12.2. The minimum absolute atomic E-state index is 0.157. The first-order chi connectivity index (χ1) is 8.54. The van der Waals surface area contributed by atoms with E-state index >= 15 is 0 Å². The fourth-order valence-corrected chi connectivity index (χ4v) is 2.74. The van der Waals surface area contributed by atoms with Crippen LogP contribution in [0.1, 0.15) is 52.7 Å². The van der Waals surface area contributed by atoms with Crippen LogP contribution in [-0.4, -0.2) is 4.57 Å². The smallest absolute Gasteiger partial charge is 0.0487 e. The zero-order chi connectivity index (χ0) is 13.2. The Balaban J connectivity index is 2.44. The van der Waals surface area contributed by atoms with E-state index in [1.807, 2.05) is 0 Å². The third kappa shape index (κ3) is 2.60. The summed E-state index contributed by atoms with van der Waals surface area (Å²) < 4.78 is 2.51. The first-order valence-electron chi connectivity index (χ1n) is 7.14. The average Bonchev–Trinajstić information content (AvgIpc) is 2.67. The first-order valence-corrected chi connectivity index (χ1v) is 7.14. The van der Waals surface area contributed by atoms with Crippen LogP contribution in [0.15, 0.2) is 30.3 Å². The van der Waals surface area contributed by atoms with E-state index in [4.69, 9.17) is 0 Å². The third-order valence-corrected chi connectivity index (χ3v) is 3.49. The van der Waals surface area contributed by atoms with Crippen molar-refractivity contribution in [3.05, 3.63) is 36.0 Å². The van der Waals surface area contributed by atoms with Crippen LogP contribution in [0, 0.1) is 0 Å². The molecule has 1 heterocycles. The number of benzene rings is 1. The van der Waals surface area contributed by atoms with Crippen LogP contribution < -0.4 is 0 Å². The summed E-state index contributed by atoms with van der Waals surface area (Å²) in [6, 6.07) is 11.1. The van der Waals surface area contributed by atoms with Gasteiger partial charge in [0.15, 0.2) is 0 Å². The summed E-state index contributed by atoms with van der Waals surface area (Å²) in [6.07, 6.45) is 5.10. The number of para-hydroxylation sites is 1. The van der Waals surface area contributed by atoms with Gasteiger partial charge in [-0.2, -0.15) is 0 Å².